The largest absolute Gasteiger partial charge is 0.382 e. The van der Waals surface area contributed by atoms with Gasteiger partial charge in [0.05, 0.1) is 0 Å². The second kappa shape index (κ2) is 3.82. The third-order valence-electron chi connectivity index (χ3n) is 2.46. The average Bonchev–Trinajstić information content (AvgIpc) is 2.04. The number of anilines is 1. The van der Waals surface area contributed by atoms with Crippen LogP contribution in [0.1, 0.15) is 27.7 Å². The Balaban J connectivity index is 2.61. The van der Waals surface area contributed by atoms with Crippen LogP contribution < -0.4 is 5.32 Å². The molecular weight excluding hydrogens is 158 g/mol. The first-order chi connectivity index (χ1) is 6.00. The van der Waals surface area contributed by atoms with E-state index in [-0.39, 0.29) is 0 Å². The molecule has 0 aliphatic carbocycles. The molecule has 0 fully saturated rings. The summed E-state index contributed by atoms with van der Waals surface area (Å²) in [6.45, 7) is 8.95. The van der Waals surface area contributed by atoms with Gasteiger partial charge in [-0.15, -0.1) is 0 Å². The molecule has 1 aromatic carbocycles. The summed E-state index contributed by atoms with van der Waals surface area (Å²) in [5.41, 5.74) is 1.50. The molecule has 1 heteroatoms. The van der Waals surface area contributed by atoms with Gasteiger partial charge in [-0.05, 0) is 24.5 Å². The molecule has 1 rings (SSSR count). The van der Waals surface area contributed by atoms with Crippen molar-refractivity contribution in [2.45, 2.75) is 33.7 Å². The van der Waals surface area contributed by atoms with Gasteiger partial charge in [-0.3, -0.25) is 0 Å². The minimum absolute atomic E-state index is 0.301. The molecule has 1 N–H and O–H groups in total. The summed E-state index contributed by atoms with van der Waals surface area (Å²) >= 11 is 0. The Hall–Kier alpha value is -0.980. The molecular formula is C12H19N. The summed E-state index contributed by atoms with van der Waals surface area (Å²) in [6, 6.07) is 10.8. The van der Waals surface area contributed by atoms with Crippen LogP contribution in [0.5, 0.6) is 0 Å². The quantitative estimate of drug-likeness (QED) is 0.728. The molecule has 1 aromatic rings. The van der Waals surface area contributed by atoms with Crippen molar-refractivity contribution in [3.05, 3.63) is 30.3 Å². The molecule has 13 heavy (non-hydrogen) atoms. The monoisotopic (exact) mass is 177 g/mol. The molecule has 0 radical (unpaired) electrons. The zero-order valence-corrected chi connectivity index (χ0v) is 8.96. The second-order valence-corrected chi connectivity index (χ2v) is 4.60. The molecule has 0 aliphatic heterocycles. The van der Waals surface area contributed by atoms with E-state index >= 15 is 0 Å². The second-order valence-electron chi connectivity index (χ2n) is 4.60. The lowest BCUT2D eigenvalue weighted by atomic mass is 9.88. The first-order valence-electron chi connectivity index (χ1n) is 4.82. The molecule has 0 bridgehead atoms. The molecule has 0 aliphatic rings. The van der Waals surface area contributed by atoms with E-state index < -0.39 is 0 Å². The third-order valence-corrected chi connectivity index (χ3v) is 2.46. The minimum Gasteiger partial charge on any atom is -0.382 e. The highest BCUT2D eigenvalue weighted by atomic mass is 14.9. The Labute approximate surface area is 81.2 Å². The lowest BCUT2D eigenvalue weighted by molar-refractivity contribution is 0.359. The topological polar surface area (TPSA) is 12.0 Å². The fourth-order valence-electron chi connectivity index (χ4n) is 1.00. The molecule has 0 aromatic heterocycles. The van der Waals surface area contributed by atoms with Gasteiger partial charge in [0, 0.05) is 11.7 Å². The molecule has 0 spiro atoms. The van der Waals surface area contributed by atoms with Gasteiger partial charge < -0.3 is 5.32 Å². The maximum absolute atomic E-state index is 3.48. The maximum atomic E-state index is 3.48. The summed E-state index contributed by atoms with van der Waals surface area (Å²) in [5, 5.41) is 3.48. The van der Waals surface area contributed by atoms with Crippen molar-refractivity contribution in [3.8, 4) is 0 Å². The van der Waals surface area contributed by atoms with Crippen molar-refractivity contribution >= 4 is 5.69 Å². The lowest BCUT2D eigenvalue weighted by Gasteiger charge is -2.28. The van der Waals surface area contributed by atoms with E-state index in [0.717, 1.165) is 0 Å². The number of hydrogen-bond donors (Lipinski definition) is 1. The van der Waals surface area contributed by atoms with Gasteiger partial charge in [-0.2, -0.15) is 0 Å². The zero-order chi connectivity index (χ0) is 9.90. The Kier molecular flexibility index (Phi) is 2.97. The van der Waals surface area contributed by atoms with Crippen molar-refractivity contribution in [3.63, 3.8) is 0 Å². The van der Waals surface area contributed by atoms with Gasteiger partial charge in [0.2, 0.25) is 0 Å². The van der Waals surface area contributed by atoms with E-state index in [0.29, 0.717) is 11.5 Å². The molecule has 0 amide bonds. The fraction of sp³-hybridized carbons (Fsp3) is 0.500. The van der Waals surface area contributed by atoms with Crippen LogP contribution in [-0.4, -0.2) is 6.04 Å². The van der Waals surface area contributed by atoms with Crippen LogP contribution in [-0.2, 0) is 0 Å². The van der Waals surface area contributed by atoms with E-state index in [2.05, 4.69) is 57.3 Å². The van der Waals surface area contributed by atoms with Crippen LogP contribution in [0.4, 0.5) is 5.69 Å². The molecule has 0 saturated heterocycles. The SMILES string of the molecule is C[C@@H](Nc1ccccc1)C(C)(C)C. The summed E-state index contributed by atoms with van der Waals surface area (Å²) < 4.78 is 0. The van der Waals surface area contributed by atoms with Gasteiger partial charge >= 0.3 is 0 Å². The summed E-state index contributed by atoms with van der Waals surface area (Å²) in [7, 11) is 0. The third kappa shape index (κ3) is 3.10. The highest BCUT2D eigenvalue weighted by Crippen LogP contribution is 2.22. The van der Waals surface area contributed by atoms with Crippen LogP contribution in [0, 0.1) is 5.41 Å². The number of benzene rings is 1. The number of rotatable bonds is 2. The van der Waals surface area contributed by atoms with Crippen LogP contribution in [0.25, 0.3) is 0 Å². The highest BCUT2D eigenvalue weighted by molar-refractivity contribution is 5.43. The van der Waals surface area contributed by atoms with Gasteiger partial charge in [0.25, 0.3) is 0 Å². The van der Waals surface area contributed by atoms with Crippen LogP contribution >= 0.6 is 0 Å². The minimum atomic E-state index is 0.301. The summed E-state index contributed by atoms with van der Waals surface area (Å²) in [4.78, 5) is 0. The summed E-state index contributed by atoms with van der Waals surface area (Å²) in [6.07, 6.45) is 0. The van der Waals surface area contributed by atoms with Crippen molar-refractivity contribution in [1.82, 2.24) is 0 Å². The van der Waals surface area contributed by atoms with Gasteiger partial charge in [0.1, 0.15) is 0 Å². The van der Waals surface area contributed by atoms with Crippen LogP contribution in [0.3, 0.4) is 0 Å². The maximum Gasteiger partial charge on any atom is 0.0342 e. The summed E-state index contributed by atoms with van der Waals surface area (Å²) in [5.74, 6) is 0. The first kappa shape index (κ1) is 10.1. The number of nitrogens with one attached hydrogen (secondary N) is 1. The van der Waals surface area contributed by atoms with Gasteiger partial charge in [-0.1, -0.05) is 39.0 Å². The fourth-order valence-corrected chi connectivity index (χ4v) is 1.00. The van der Waals surface area contributed by atoms with Crippen molar-refractivity contribution in [2.75, 3.05) is 5.32 Å². The van der Waals surface area contributed by atoms with Gasteiger partial charge in [0.15, 0.2) is 0 Å². The highest BCUT2D eigenvalue weighted by Gasteiger charge is 2.19. The zero-order valence-electron chi connectivity index (χ0n) is 8.96. The Morgan fingerprint density at radius 3 is 2.08 bits per heavy atom. The van der Waals surface area contributed by atoms with Crippen molar-refractivity contribution in [1.29, 1.82) is 0 Å². The van der Waals surface area contributed by atoms with Crippen molar-refractivity contribution in [2.24, 2.45) is 5.41 Å². The standard InChI is InChI=1S/C12H19N/c1-10(12(2,3)4)13-11-8-6-5-7-9-11/h5-10,13H,1-4H3/t10-/m1/s1. The average molecular weight is 177 g/mol. The van der Waals surface area contributed by atoms with E-state index in [1.807, 2.05) is 6.07 Å². The van der Waals surface area contributed by atoms with Gasteiger partial charge in [-0.25, -0.2) is 0 Å². The Bertz CT molecular complexity index is 246. The molecule has 0 saturated carbocycles. The van der Waals surface area contributed by atoms with E-state index in [1.54, 1.807) is 0 Å². The predicted octanol–water partition coefficient (Wildman–Crippen LogP) is 3.53. The van der Waals surface area contributed by atoms with Crippen LogP contribution in [0.2, 0.25) is 0 Å². The normalized spacial score (nSPS) is 13.8. The lowest BCUT2D eigenvalue weighted by Crippen LogP contribution is -2.30. The molecule has 72 valence electrons. The predicted molar refractivity (Wildman–Crippen MR) is 59.0 cm³/mol. The smallest absolute Gasteiger partial charge is 0.0342 e. The Morgan fingerprint density at radius 1 is 1.08 bits per heavy atom. The van der Waals surface area contributed by atoms with E-state index in [4.69, 9.17) is 0 Å². The number of hydrogen-bond acceptors (Lipinski definition) is 1. The molecule has 1 nitrogen and oxygen atoms in total. The molecule has 1 atom stereocenters. The van der Waals surface area contributed by atoms with E-state index in [9.17, 15) is 0 Å². The van der Waals surface area contributed by atoms with E-state index in [1.165, 1.54) is 5.69 Å². The number of para-hydroxylation sites is 1. The van der Waals surface area contributed by atoms with Crippen LogP contribution in [0.15, 0.2) is 30.3 Å². The van der Waals surface area contributed by atoms with Crippen molar-refractivity contribution < 1.29 is 0 Å². The first-order valence-corrected chi connectivity index (χ1v) is 4.82. The molecule has 0 heterocycles. The Morgan fingerprint density at radius 2 is 1.62 bits per heavy atom. The molecule has 0 unspecified atom stereocenters.